The average Bonchev–Trinajstić information content (AvgIpc) is 2.40. The van der Waals surface area contributed by atoms with Gasteiger partial charge in [0.05, 0.1) is 13.0 Å². The van der Waals surface area contributed by atoms with Gasteiger partial charge in [-0.15, -0.1) is 0 Å². The highest BCUT2D eigenvalue weighted by Crippen LogP contribution is 2.21. The Hall–Kier alpha value is -0.570. The van der Waals surface area contributed by atoms with E-state index in [2.05, 4.69) is 0 Å². The molecule has 3 heteroatoms. The van der Waals surface area contributed by atoms with Gasteiger partial charge in [0.2, 0.25) is 0 Å². The molecule has 1 fully saturated rings. The van der Waals surface area contributed by atoms with Gasteiger partial charge in [-0.1, -0.05) is 0 Å². The van der Waals surface area contributed by atoms with Gasteiger partial charge < -0.3 is 9.84 Å². The normalized spacial score (nSPS) is 18.6. The first kappa shape index (κ1) is 8.53. The zero-order chi connectivity index (χ0) is 8.10. The molecule has 0 aliphatic heterocycles. The fourth-order valence-electron chi connectivity index (χ4n) is 1.34. The van der Waals surface area contributed by atoms with Crippen molar-refractivity contribution in [1.82, 2.24) is 0 Å². The molecule has 1 aliphatic carbocycles. The molecule has 64 valence electrons. The lowest BCUT2D eigenvalue weighted by atomic mass is 10.3. The minimum Gasteiger partial charge on any atom is -0.462 e. The molecular formula is C8H14O3. The van der Waals surface area contributed by atoms with Crippen LogP contribution in [-0.2, 0) is 9.53 Å². The summed E-state index contributed by atoms with van der Waals surface area (Å²) in [6, 6.07) is 0. The molecular weight excluding hydrogens is 144 g/mol. The molecule has 0 aromatic heterocycles. The largest absolute Gasteiger partial charge is 0.462 e. The Labute approximate surface area is 66.4 Å². The number of aliphatic hydroxyl groups excluding tert-OH is 1. The van der Waals surface area contributed by atoms with Gasteiger partial charge in [0.1, 0.15) is 6.10 Å². The molecule has 0 bridgehead atoms. The SMILES string of the molecule is O=C(CCO)OC1CCCC1. The van der Waals surface area contributed by atoms with Gasteiger partial charge in [-0.3, -0.25) is 4.79 Å². The van der Waals surface area contributed by atoms with Gasteiger partial charge in [-0.25, -0.2) is 0 Å². The molecule has 0 atom stereocenters. The number of aliphatic hydroxyl groups is 1. The van der Waals surface area contributed by atoms with Crippen LogP contribution in [0.1, 0.15) is 32.1 Å². The lowest BCUT2D eigenvalue weighted by molar-refractivity contribution is -0.149. The van der Waals surface area contributed by atoms with Crippen LogP contribution in [0.5, 0.6) is 0 Å². The second-order valence-corrected chi connectivity index (χ2v) is 2.87. The predicted molar refractivity (Wildman–Crippen MR) is 40.1 cm³/mol. The molecule has 0 heterocycles. The number of esters is 1. The molecule has 0 radical (unpaired) electrons. The zero-order valence-corrected chi connectivity index (χ0v) is 6.58. The number of carbonyl (C=O) groups excluding carboxylic acids is 1. The second kappa shape index (κ2) is 4.34. The summed E-state index contributed by atoms with van der Waals surface area (Å²) in [5.74, 6) is -0.264. The lowest BCUT2D eigenvalue weighted by Crippen LogP contribution is -2.15. The molecule has 3 nitrogen and oxygen atoms in total. The Bertz CT molecular complexity index is 127. The van der Waals surface area contributed by atoms with Crippen molar-refractivity contribution >= 4 is 5.97 Å². The summed E-state index contributed by atoms with van der Waals surface area (Å²) < 4.78 is 5.05. The van der Waals surface area contributed by atoms with Crippen molar-refractivity contribution < 1.29 is 14.6 Å². The molecule has 0 amide bonds. The van der Waals surface area contributed by atoms with Crippen LogP contribution in [0.2, 0.25) is 0 Å². The van der Waals surface area contributed by atoms with Gasteiger partial charge in [0, 0.05) is 0 Å². The van der Waals surface area contributed by atoms with Crippen molar-refractivity contribution in [3.05, 3.63) is 0 Å². The first-order valence-electron chi connectivity index (χ1n) is 4.13. The van der Waals surface area contributed by atoms with Crippen molar-refractivity contribution in [3.8, 4) is 0 Å². The van der Waals surface area contributed by atoms with Crippen LogP contribution in [0.4, 0.5) is 0 Å². The van der Waals surface area contributed by atoms with Gasteiger partial charge >= 0.3 is 5.97 Å². The summed E-state index contributed by atoms with van der Waals surface area (Å²) in [5, 5.41) is 8.41. The number of rotatable bonds is 3. The van der Waals surface area contributed by atoms with Crippen LogP contribution < -0.4 is 0 Å². The summed E-state index contributed by atoms with van der Waals surface area (Å²) in [6.07, 6.45) is 4.59. The van der Waals surface area contributed by atoms with Crippen molar-refractivity contribution in [2.75, 3.05) is 6.61 Å². The highest BCUT2D eigenvalue weighted by molar-refractivity contribution is 5.69. The van der Waals surface area contributed by atoms with Gasteiger partial charge in [0.15, 0.2) is 0 Å². The molecule has 1 aliphatic rings. The quantitative estimate of drug-likeness (QED) is 0.619. The average molecular weight is 158 g/mol. The van der Waals surface area contributed by atoms with E-state index in [-0.39, 0.29) is 25.1 Å². The van der Waals surface area contributed by atoms with Gasteiger partial charge in [-0.05, 0) is 25.7 Å². The highest BCUT2D eigenvalue weighted by atomic mass is 16.5. The molecule has 0 saturated heterocycles. The van der Waals surface area contributed by atoms with Crippen molar-refractivity contribution in [3.63, 3.8) is 0 Å². The Morgan fingerprint density at radius 1 is 1.45 bits per heavy atom. The maximum absolute atomic E-state index is 10.8. The van der Waals surface area contributed by atoms with E-state index in [9.17, 15) is 4.79 Å². The Morgan fingerprint density at radius 2 is 2.09 bits per heavy atom. The van der Waals surface area contributed by atoms with Crippen LogP contribution in [-0.4, -0.2) is 23.8 Å². The first-order valence-corrected chi connectivity index (χ1v) is 4.13. The third-order valence-electron chi connectivity index (χ3n) is 1.92. The van der Waals surface area contributed by atoms with E-state index in [4.69, 9.17) is 9.84 Å². The maximum Gasteiger partial charge on any atom is 0.308 e. The van der Waals surface area contributed by atoms with Crippen LogP contribution in [0, 0.1) is 0 Å². The zero-order valence-electron chi connectivity index (χ0n) is 6.58. The van der Waals surface area contributed by atoms with E-state index < -0.39 is 0 Å². The first-order chi connectivity index (χ1) is 5.33. The number of carbonyl (C=O) groups is 1. The fraction of sp³-hybridized carbons (Fsp3) is 0.875. The van der Waals surface area contributed by atoms with E-state index in [1.807, 2.05) is 0 Å². The topological polar surface area (TPSA) is 46.5 Å². The summed E-state index contributed by atoms with van der Waals surface area (Å²) in [4.78, 5) is 10.8. The fourth-order valence-corrected chi connectivity index (χ4v) is 1.34. The van der Waals surface area contributed by atoms with E-state index in [1.54, 1.807) is 0 Å². The molecule has 0 aromatic carbocycles. The predicted octanol–water partition coefficient (Wildman–Crippen LogP) is 0.855. The molecule has 1 rings (SSSR count). The standard InChI is InChI=1S/C8H14O3/c9-6-5-8(10)11-7-3-1-2-4-7/h7,9H,1-6H2. The monoisotopic (exact) mass is 158 g/mol. The minimum absolute atomic E-state index is 0.106. The number of hydrogen-bond acceptors (Lipinski definition) is 3. The Morgan fingerprint density at radius 3 is 2.64 bits per heavy atom. The maximum atomic E-state index is 10.8. The van der Waals surface area contributed by atoms with E-state index in [0.29, 0.717) is 0 Å². The third-order valence-corrected chi connectivity index (χ3v) is 1.92. The summed E-state index contributed by atoms with van der Waals surface area (Å²) in [6.45, 7) is -0.106. The van der Waals surface area contributed by atoms with Crippen molar-refractivity contribution in [1.29, 1.82) is 0 Å². The number of ether oxygens (including phenoxy) is 1. The lowest BCUT2D eigenvalue weighted by Gasteiger charge is -2.09. The molecule has 1 saturated carbocycles. The highest BCUT2D eigenvalue weighted by Gasteiger charge is 2.18. The Balaban J connectivity index is 2.13. The van der Waals surface area contributed by atoms with E-state index in [0.717, 1.165) is 25.7 Å². The number of hydrogen-bond donors (Lipinski definition) is 1. The molecule has 0 unspecified atom stereocenters. The van der Waals surface area contributed by atoms with E-state index >= 15 is 0 Å². The molecule has 0 aromatic rings. The van der Waals surface area contributed by atoms with E-state index in [1.165, 1.54) is 0 Å². The van der Waals surface area contributed by atoms with Crippen LogP contribution in [0.25, 0.3) is 0 Å². The Kier molecular flexibility index (Phi) is 3.36. The second-order valence-electron chi connectivity index (χ2n) is 2.87. The van der Waals surface area contributed by atoms with Crippen LogP contribution in [0.15, 0.2) is 0 Å². The summed E-state index contributed by atoms with van der Waals surface area (Å²) in [5.41, 5.74) is 0. The summed E-state index contributed by atoms with van der Waals surface area (Å²) >= 11 is 0. The minimum atomic E-state index is -0.264. The molecule has 0 spiro atoms. The van der Waals surface area contributed by atoms with Gasteiger partial charge in [-0.2, -0.15) is 0 Å². The van der Waals surface area contributed by atoms with Crippen LogP contribution >= 0.6 is 0 Å². The smallest absolute Gasteiger partial charge is 0.308 e. The summed E-state index contributed by atoms with van der Waals surface area (Å²) in [7, 11) is 0. The molecule has 1 N–H and O–H groups in total. The van der Waals surface area contributed by atoms with Gasteiger partial charge in [0.25, 0.3) is 0 Å². The van der Waals surface area contributed by atoms with Crippen molar-refractivity contribution in [2.45, 2.75) is 38.2 Å². The third kappa shape index (κ3) is 2.89. The van der Waals surface area contributed by atoms with Crippen LogP contribution in [0.3, 0.4) is 0 Å². The molecule has 11 heavy (non-hydrogen) atoms. The van der Waals surface area contributed by atoms with Crippen molar-refractivity contribution in [2.24, 2.45) is 0 Å².